The van der Waals surface area contributed by atoms with Crippen LogP contribution in [0.3, 0.4) is 0 Å². The van der Waals surface area contributed by atoms with E-state index >= 15 is 0 Å². The number of carboxylic acid groups (broad SMARTS) is 1. The molecule has 0 aromatic heterocycles. The molecule has 0 aliphatic heterocycles. The first-order chi connectivity index (χ1) is 19.0. The smallest absolute Gasteiger partial charge is 0.336 e. The van der Waals surface area contributed by atoms with E-state index in [0.717, 1.165) is 11.3 Å². The van der Waals surface area contributed by atoms with Crippen molar-refractivity contribution in [3.05, 3.63) is 131 Å². The number of carbonyl (C=O) groups is 3. The molecule has 0 saturated heterocycles. The first-order valence-electron chi connectivity index (χ1n) is 12.5. The lowest BCUT2D eigenvalue weighted by Crippen LogP contribution is -2.13. The molecule has 5 aromatic rings. The Morgan fingerprint density at radius 3 is 2.23 bits per heavy atom. The first-order valence-corrected chi connectivity index (χ1v) is 13.5. The van der Waals surface area contributed by atoms with Crippen molar-refractivity contribution in [2.45, 2.75) is 11.3 Å². The van der Waals surface area contributed by atoms with Crippen LogP contribution in [-0.4, -0.2) is 28.5 Å². The third-order valence-corrected chi connectivity index (χ3v) is 7.99. The van der Waals surface area contributed by atoms with Crippen molar-refractivity contribution in [1.82, 2.24) is 0 Å². The molecule has 0 saturated carbocycles. The summed E-state index contributed by atoms with van der Waals surface area (Å²) in [5.41, 5.74) is 6.61. The molecule has 6 heteroatoms. The Morgan fingerprint density at radius 2 is 1.46 bits per heavy atom. The molecule has 6 rings (SSSR count). The summed E-state index contributed by atoms with van der Waals surface area (Å²) in [5.74, 6) is -1.09. The molecule has 1 aliphatic carbocycles. The second-order valence-electron chi connectivity index (χ2n) is 9.41. The number of hydrogen-bond donors (Lipinski definition) is 2. The van der Waals surface area contributed by atoms with Gasteiger partial charge < -0.3 is 10.4 Å². The van der Waals surface area contributed by atoms with E-state index in [1.54, 1.807) is 42.5 Å². The fourth-order valence-electron chi connectivity index (χ4n) is 5.09. The van der Waals surface area contributed by atoms with Crippen LogP contribution in [0.5, 0.6) is 0 Å². The maximum atomic E-state index is 13.1. The van der Waals surface area contributed by atoms with E-state index in [0.29, 0.717) is 33.3 Å². The highest BCUT2D eigenvalue weighted by Gasteiger charge is 2.20. The molecule has 0 bridgehead atoms. The van der Waals surface area contributed by atoms with Crippen LogP contribution in [0.4, 0.5) is 5.69 Å². The average molecular weight is 530 g/mol. The van der Waals surface area contributed by atoms with Gasteiger partial charge in [0.2, 0.25) is 0 Å². The monoisotopic (exact) mass is 529 g/mol. The second kappa shape index (κ2) is 10.2. The molecule has 1 aliphatic rings. The second-order valence-corrected chi connectivity index (χ2v) is 10.5. The van der Waals surface area contributed by atoms with Gasteiger partial charge in [-0.3, -0.25) is 9.59 Å². The van der Waals surface area contributed by atoms with Gasteiger partial charge in [0.15, 0.2) is 5.78 Å². The summed E-state index contributed by atoms with van der Waals surface area (Å²) in [4.78, 5) is 38.6. The highest BCUT2D eigenvalue weighted by atomic mass is 32.2. The zero-order valence-electron chi connectivity index (χ0n) is 20.8. The van der Waals surface area contributed by atoms with E-state index in [4.69, 9.17) is 0 Å². The molecule has 0 atom stereocenters. The summed E-state index contributed by atoms with van der Waals surface area (Å²) in [6.45, 7) is 0. The highest BCUT2D eigenvalue weighted by Crippen LogP contribution is 2.37. The van der Waals surface area contributed by atoms with E-state index in [1.165, 1.54) is 40.1 Å². The number of thioether (sulfide) groups is 1. The van der Waals surface area contributed by atoms with Gasteiger partial charge in [-0.25, -0.2) is 4.79 Å². The van der Waals surface area contributed by atoms with Gasteiger partial charge in [-0.2, -0.15) is 0 Å². The number of hydrogen-bond acceptors (Lipinski definition) is 4. The van der Waals surface area contributed by atoms with Crippen LogP contribution in [0, 0.1) is 0 Å². The van der Waals surface area contributed by atoms with Gasteiger partial charge in [-0.05, 0) is 76.5 Å². The van der Waals surface area contributed by atoms with E-state index in [1.807, 2.05) is 42.5 Å². The van der Waals surface area contributed by atoms with E-state index in [-0.39, 0.29) is 17.3 Å². The quantitative estimate of drug-likeness (QED) is 0.167. The number of aromatic carboxylic acids is 1. The zero-order valence-corrected chi connectivity index (χ0v) is 21.6. The van der Waals surface area contributed by atoms with Crippen molar-refractivity contribution in [3.8, 4) is 11.1 Å². The Bertz CT molecular complexity index is 1770. The molecule has 39 heavy (non-hydrogen) atoms. The molecule has 2 N–H and O–H groups in total. The third kappa shape index (κ3) is 4.82. The molecule has 190 valence electrons. The van der Waals surface area contributed by atoms with Gasteiger partial charge in [0.25, 0.3) is 5.91 Å². The van der Waals surface area contributed by atoms with Gasteiger partial charge in [0, 0.05) is 27.1 Å². The number of benzene rings is 5. The van der Waals surface area contributed by atoms with Crippen LogP contribution in [0.2, 0.25) is 0 Å². The average Bonchev–Trinajstić information content (AvgIpc) is 3.33. The maximum Gasteiger partial charge on any atom is 0.336 e. The molecule has 1 amide bonds. The predicted octanol–water partition coefficient (Wildman–Crippen LogP) is 7.34. The minimum Gasteiger partial charge on any atom is -0.478 e. The van der Waals surface area contributed by atoms with E-state index < -0.39 is 5.97 Å². The fraction of sp³-hybridized carbons (Fsp3) is 0.0606. The van der Waals surface area contributed by atoms with Gasteiger partial charge in [0.05, 0.1) is 11.3 Å². The van der Waals surface area contributed by atoms with Crippen molar-refractivity contribution in [1.29, 1.82) is 0 Å². The predicted molar refractivity (Wildman–Crippen MR) is 155 cm³/mol. The lowest BCUT2D eigenvalue weighted by molar-refractivity contribution is 0.0698. The van der Waals surface area contributed by atoms with Crippen molar-refractivity contribution in [2.75, 3.05) is 11.1 Å². The number of rotatable bonds is 7. The van der Waals surface area contributed by atoms with Gasteiger partial charge in [-0.15, -0.1) is 11.8 Å². The van der Waals surface area contributed by atoms with Crippen LogP contribution < -0.4 is 5.32 Å². The normalized spacial score (nSPS) is 11.6. The largest absolute Gasteiger partial charge is 0.478 e. The molecular formula is C33H23NO4S. The van der Waals surface area contributed by atoms with E-state index in [9.17, 15) is 19.5 Å². The van der Waals surface area contributed by atoms with Crippen LogP contribution >= 0.6 is 11.8 Å². The number of carbonyl (C=O) groups excluding carboxylic acids is 2. The number of Topliss-reactive ketones (excluding diaryl/α,β-unsaturated/α-hetero) is 1. The standard InChI is InChI=1S/C33H23NO4S/c35-30(22-11-16-27-23(18-22)17-21-5-1-2-8-26(21)27)19-39-25-14-12-24(13-15-25)34-32(36)28-9-3-6-20-7-4-10-29(31(20)28)33(37)38/h1-16,18H,17,19H2,(H,34,36)(H,37,38). The SMILES string of the molecule is O=C(CSc1ccc(NC(=O)c2cccc3cccc(C(=O)O)c23)cc1)c1ccc2c(c1)Cc1ccccc1-2. The van der Waals surface area contributed by atoms with Crippen molar-refractivity contribution >= 4 is 45.9 Å². The van der Waals surface area contributed by atoms with Crippen LogP contribution in [-0.2, 0) is 6.42 Å². The highest BCUT2D eigenvalue weighted by molar-refractivity contribution is 8.00. The van der Waals surface area contributed by atoms with Crippen LogP contribution in [0.15, 0.2) is 108 Å². The van der Waals surface area contributed by atoms with Crippen molar-refractivity contribution in [2.24, 2.45) is 0 Å². The summed E-state index contributed by atoms with van der Waals surface area (Å²) in [5, 5.41) is 13.5. The minimum absolute atomic E-state index is 0.0707. The number of ketones is 1. The Balaban J connectivity index is 1.11. The number of anilines is 1. The van der Waals surface area contributed by atoms with Gasteiger partial charge in [0.1, 0.15) is 0 Å². The molecule has 0 spiro atoms. The molecule has 0 heterocycles. The lowest BCUT2D eigenvalue weighted by atomic mass is 9.98. The van der Waals surface area contributed by atoms with Crippen molar-refractivity contribution < 1.29 is 19.5 Å². The summed E-state index contributed by atoms with van der Waals surface area (Å²) in [7, 11) is 0. The first kappa shape index (κ1) is 24.6. The lowest BCUT2D eigenvalue weighted by Gasteiger charge is -2.11. The molecular weight excluding hydrogens is 506 g/mol. The third-order valence-electron chi connectivity index (χ3n) is 6.98. The summed E-state index contributed by atoms with van der Waals surface area (Å²) in [6, 6.07) is 31.7. The Labute approximate surface area is 229 Å². The molecule has 5 aromatic carbocycles. The number of carboxylic acids is 1. The zero-order chi connectivity index (χ0) is 26.9. The number of amides is 1. The van der Waals surface area contributed by atoms with Crippen LogP contribution in [0.1, 0.15) is 42.2 Å². The maximum absolute atomic E-state index is 13.1. The summed E-state index contributed by atoms with van der Waals surface area (Å²) in [6.07, 6.45) is 0.851. The topological polar surface area (TPSA) is 83.5 Å². The Hall–Kier alpha value is -4.68. The summed E-state index contributed by atoms with van der Waals surface area (Å²) < 4.78 is 0. The van der Waals surface area contributed by atoms with Crippen LogP contribution in [0.25, 0.3) is 21.9 Å². The van der Waals surface area contributed by atoms with Crippen molar-refractivity contribution in [3.63, 3.8) is 0 Å². The molecule has 5 nitrogen and oxygen atoms in total. The molecule has 0 radical (unpaired) electrons. The summed E-state index contributed by atoms with van der Waals surface area (Å²) >= 11 is 1.45. The Morgan fingerprint density at radius 1 is 0.744 bits per heavy atom. The van der Waals surface area contributed by atoms with E-state index in [2.05, 4.69) is 17.4 Å². The number of fused-ring (bicyclic) bond motifs is 4. The molecule has 0 unspecified atom stereocenters. The Kier molecular flexibility index (Phi) is 6.47. The molecule has 0 fully saturated rings. The van der Waals surface area contributed by atoms with Gasteiger partial charge >= 0.3 is 5.97 Å². The minimum atomic E-state index is -1.08. The fourth-order valence-corrected chi connectivity index (χ4v) is 5.89. The number of nitrogens with one attached hydrogen (secondary N) is 1. The van der Waals surface area contributed by atoms with Gasteiger partial charge in [-0.1, -0.05) is 60.7 Å².